The Kier molecular flexibility index (Phi) is 5.03. The SMILES string of the molecule is Cc1cc(Cl)nc(Cl)c1NS(=O)(=O)CCc1ccncc1. The summed E-state index contributed by atoms with van der Waals surface area (Å²) in [7, 11) is -3.53. The first-order valence-corrected chi connectivity index (χ1v) is 8.50. The number of nitrogens with zero attached hydrogens (tertiary/aromatic N) is 2. The Morgan fingerprint density at radius 2 is 1.90 bits per heavy atom. The zero-order valence-electron chi connectivity index (χ0n) is 11.2. The van der Waals surface area contributed by atoms with E-state index in [1.54, 1.807) is 37.5 Å². The third kappa shape index (κ3) is 4.56. The summed E-state index contributed by atoms with van der Waals surface area (Å²) in [4.78, 5) is 7.72. The van der Waals surface area contributed by atoms with Gasteiger partial charge >= 0.3 is 0 Å². The number of anilines is 1. The summed E-state index contributed by atoms with van der Waals surface area (Å²) in [6, 6.07) is 5.10. The van der Waals surface area contributed by atoms with Gasteiger partial charge in [-0.15, -0.1) is 0 Å². The summed E-state index contributed by atoms with van der Waals surface area (Å²) >= 11 is 11.7. The second-order valence-corrected chi connectivity index (χ2v) is 7.04. The number of halogens is 2. The molecule has 0 spiro atoms. The van der Waals surface area contributed by atoms with Crippen LogP contribution < -0.4 is 4.72 Å². The van der Waals surface area contributed by atoms with Crippen molar-refractivity contribution in [1.29, 1.82) is 0 Å². The Morgan fingerprint density at radius 3 is 2.52 bits per heavy atom. The molecule has 0 atom stereocenters. The van der Waals surface area contributed by atoms with E-state index in [1.165, 1.54) is 0 Å². The summed E-state index contributed by atoms with van der Waals surface area (Å²) in [6.07, 6.45) is 3.63. The van der Waals surface area contributed by atoms with Crippen LogP contribution in [-0.2, 0) is 16.4 Å². The first-order chi connectivity index (χ1) is 9.87. The maximum absolute atomic E-state index is 12.1. The molecule has 0 aliphatic heterocycles. The van der Waals surface area contributed by atoms with Crippen LogP contribution in [-0.4, -0.2) is 24.1 Å². The largest absolute Gasteiger partial charge is 0.280 e. The lowest BCUT2D eigenvalue weighted by atomic mass is 10.2. The van der Waals surface area contributed by atoms with Crippen molar-refractivity contribution >= 4 is 38.9 Å². The first-order valence-electron chi connectivity index (χ1n) is 6.09. The molecule has 0 bridgehead atoms. The molecule has 2 aromatic rings. The third-order valence-electron chi connectivity index (χ3n) is 2.81. The van der Waals surface area contributed by atoms with Gasteiger partial charge in [-0.2, -0.15) is 0 Å². The van der Waals surface area contributed by atoms with E-state index in [2.05, 4.69) is 14.7 Å². The second kappa shape index (κ2) is 6.60. The number of pyridine rings is 2. The van der Waals surface area contributed by atoms with Crippen LogP contribution >= 0.6 is 23.2 Å². The average Bonchev–Trinajstić information content (AvgIpc) is 2.42. The van der Waals surface area contributed by atoms with E-state index in [-0.39, 0.29) is 21.7 Å². The van der Waals surface area contributed by atoms with Gasteiger partial charge in [-0.3, -0.25) is 9.71 Å². The van der Waals surface area contributed by atoms with E-state index in [1.807, 2.05) is 0 Å². The Hall–Kier alpha value is -1.37. The van der Waals surface area contributed by atoms with Crippen LogP contribution in [0.1, 0.15) is 11.1 Å². The maximum Gasteiger partial charge on any atom is 0.233 e. The molecule has 0 saturated carbocycles. The minimum atomic E-state index is -3.53. The molecular formula is C13H13Cl2N3O2S. The molecule has 0 fully saturated rings. The average molecular weight is 346 g/mol. The Balaban J connectivity index is 2.11. The van der Waals surface area contributed by atoms with Crippen LogP contribution in [0.15, 0.2) is 30.6 Å². The van der Waals surface area contributed by atoms with Gasteiger partial charge in [-0.1, -0.05) is 23.2 Å². The lowest BCUT2D eigenvalue weighted by Crippen LogP contribution is -2.19. The first kappa shape index (κ1) is 16.0. The van der Waals surface area contributed by atoms with Gasteiger partial charge in [0.05, 0.1) is 11.4 Å². The molecule has 2 heterocycles. The van der Waals surface area contributed by atoms with Crippen LogP contribution in [0.3, 0.4) is 0 Å². The number of hydrogen-bond donors (Lipinski definition) is 1. The molecule has 0 unspecified atom stereocenters. The highest BCUT2D eigenvalue weighted by Gasteiger charge is 2.16. The van der Waals surface area contributed by atoms with Gasteiger partial charge < -0.3 is 0 Å². The van der Waals surface area contributed by atoms with Gasteiger partial charge in [0, 0.05) is 12.4 Å². The van der Waals surface area contributed by atoms with E-state index in [0.29, 0.717) is 12.0 Å². The van der Waals surface area contributed by atoms with Crippen LogP contribution in [0, 0.1) is 6.92 Å². The van der Waals surface area contributed by atoms with Crippen molar-refractivity contribution < 1.29 is 8.42 Å². The lowest BCUT2D eigenvalue weighted by molar-refractivity contribution is 0.600. The monoisotopic (exact) mass is 345 g/mol. The van der Waals surface area contributed by atoms with E-state index >= 15 is 0 Å². The van der Waals surface area contributed by atoms with E-state index in [4.69, 9.17) is 23.2 Å². The Labute approximate surface area is 133 Å². The lowest BCUT2D eigenvalue weighted by Gasteiger charge is -2.12. The quantitative estimate of drug-likeness (QED) is 0.845. The summed E-state index contributed by atoms with van der Waals surface area (Å²) in [5, 5.41) is 0.254. The molecule has 112 valence electrons. The molecule has 5 nitrogen and oxygen atoms in total. The molecule has 2 rings (SSSR count). The zero-order chi connectivity index (χ0) is 15.5. The highest BCUT2D eigenvalue weighted by Crippen LogP contribution is 2.27. The second-order valence-electron chi connectivity index (χ2n) is 4.45. The fourth-order valence-electron chi connectivity index (χ4n) is 1.73. The van der Waals surface area contributed by atoms with Gasteiger partial charge in [0.25, 0.3) is 0 Å². The van der Waals surface area contributed by atoms with Gasteiger partial charge in [0.2, 0.25) is 10.0 Å². The van der Waals surface area contributed by atoms with Crippen LogP contribution in [0.4, 0.5) is 5.69 Å². The number of aryl methyl sites for hydroxylation is 2. The third-order valence-corrected chi connectivity index (χ3v) is 4.53. The van der Waals surface area contributed by atoms with E-state index in [0.717, 1.165) is 5.56 Å². The highest BCUT2D eigenvalue weighted by molar-refractivity contribution is 7.92. The predicted octanol–water partition coefficient (Wildman–Crippen LogP) is 3.08. The molecule has 21 heavy (non-hydrogen) atoms. The molecule has 8 heteroatoms. The van der Waals surface area contributed by atoms with Crippen molar-refractivity contribution in [2.24, 2.45) is 0 Å². The number of rotatable bonds is 5. The van der Waals surface area contributed by atoms with Crippen molar-refractivity contribution in [1.82, 2.24) is 9.97 Å². The Bertz CT molecular complexity index is 713. The molecule has 0 radical (unpaired) electrons. The molecule has 2 aromatic heterocycles. The Morgan fingerprint density at radius 1 is 1.24 bits per heavy atom. The molecule has 1 N–H and O–H groups in total. The molecule has 0 aliphatic carbocycles. The predicted molar refractivity (Wildman–Crippen MR) is 84.3 cm³/mol. The molecule has 0 aliphatic rings. The van der Waals surface area contributed by atoms with Gasteiger partial charge in [-0.25, -0.2) is 13.4 Å². The van der Waals surface area contributed by atoms with Crippen molar-refractivity contribution in [2.45, 2.75) is 13.3 Å². The summed E-state index contributed by atoms with van der Waals surface area (Å²) in [5.41, 5.74) is 1.77. The van der Waals surface area contributed by atoms with Crippen LogP contribution in [0.5, 0.6) is 0 Å². The van der Waals surface area contributed by atoms with Crippen molar-refractivity contribution in [3.63, 3.8) is 0 Å². The van der Waals surface area contributed by atoms with Crippen molar-refractivity contribution in [3.8, 4) is 0 Å². The topological polar surface area (TPSA) is 72.0 Å². The van der Waals surface area contributed by atoms with Crippen molar-refractivity contribution in [3.05, 3.63) is 52.0 Å². The zero-order valence-corrected chi connectivity index (χ0v) is 13.5. The summed E-state index contributed by atoms with van der Waals surface area (Å²) in [6.45, 7) is 1.71. The van der Waals surface area contributed by atoms with Crippen molar-refractivity contribution in [2.75, 3.05) is 10.5 Å². The van der Waals surface area contributed by atoms with Gasteiger partial charge in [0.1, 0.15) is 5.15 Å². The highest BCUT2D eigenvalue weighted by atomic mass is 35.5. The molecular weight excluding hydrogens is 333 g/mol. The fourth-order valence-corrected chi connectivity index (χ4v) is 3.54. The van der Waals surface area contributed by atoms with Crippen LogP contribution in [0.2, 0.25) is 10.3 Å². The van der Waals surface area contributed by atoms with E-state index in [9.17, 15) is 8.42 Å². The summed E-state index contributed by atoms with van der Waals surface area (Å²) in [5.74, 6) is -0.0601. The number of nitrogens with one attached hydrogen (secondary N) is 1. The molecule has 0 aromatic carbocycles. The molecule has 0 saturated heterocycles. The van der Waals surface area contributed by atoms with E-state index < -0.39 is 10.0 Å². The van der Waals surface area contributed by atoms with Crippen LogP contribution in [0.25, 0.3) is 0 Å². The number of aromatic nitrogens is 2. The fraction of sp³-hybridized carbons (Fsp3) is 0.231. The summed E-state index contributed by atoms with van der Waals surface area (Å²) < 4.78 is 26.7. The normalized spacial score (nSPS) is 11.4. The minimum Gasteiger partial charge on any atom is -0.280 e. The standard InChI is InChI=1S/C13H13Cl2N3O2S/c1-9-8-11(14)17-13(15)12(9)18-21(19,20)7-4-10-2-5-16-6-3-10/h2-3,5-6,8,18H,4,7H2,1H3. The number of sulfonamides is 1. The van der Waals surface area contributed by atoms with Gasteiger partial charge in [0.15, 0.2) is 5.15 Å². The minimum absolute atomic E-state index is 0.0347. The van der Waals surface area contributed by atoms with Gasteiger partial charge in [-0.05, 0) is 42.7 Å². The maximum atomic E-state index is 12.1. The number of hydrogen-bond acceptors (Lipinski definition) is 4. The molecule has 0 amide bonds. The smallest absolute Gasteiger partial charge is 0.233 e.